The van der Waals surface area contributed by atoms with Gasteiger partial charge in [0.25, 0.3) is 0 Å². The third kappa shape index (κ3) is 3.03. The molecule has 0 aliphatic carbocycles. The summed E-state index contributed by atoms with van der Waals surface area (Å²) in [6.45, 7) is 5.27. The summed E-state index contributed by atoms with van der Waals surface area (Å²) in [5.74, 6) is 6.69. The Bertz CT molecular complexity index is 501. The number of aromatic nitrogens is 2. The Morgan fingerprint density at radius 2 is 2.00 bits per heavy atom. The maximum Gasteiger partial charge on any atom is 0.131 e. The number of imidazole rings is 1. The molecule has 1 atom stereocenters. The molecule has 4 nitrogen and oxygen atoms in total. The number of hydrogen-bond acceptors (Lipinski definition) is 3. The lowest BCUT2D eigenvalue weighted by atomic mass is 10.0. The van der Waals surface area contributed by atoms with Gasteiger partial charge in [0.15, 0.2) is 0 Å². The van der Waals surface area contributed by atoms with Gasteiger partial charge in [0.05, 0.1) is 0 Å². The Labute approximate surface area is 114 Å². The lowest BCUT2D eigenvalue weighted by Gasteiger charge is -2.18. The van der Waals surface area contributed by atoms with E-state index in [1.54, 1.807) is 0 Å². The van der Waals surface area contributed by atoms with Gasteiger partial charge in [0.2, 0.25) is 0 Å². The quantitative estimate of drug-likeness (QED) is 0.618. The molecular weight excluding hydrogens is 236 g/mol. The molecule has 1 unspecified atom stereocenters. The second-order valence-corrected chi connectivity index (χ2v) is 4.67. The van der Waals surface area contributed by atoms with Crippen molar-refractivity contribution in [3.8, 4) is 0 Å². The Morgan fingerprint density at radius 3 is 2.58 bits per heavy atom. The summed E-state index contributed by atoms with van der Waals surface area (Å²) in [5.41, 5.74) is 5.35. The third-order valence-corrected chi connectivity index (χ3v) is 3.36. The standard InChI is InChI=1S/C15H22N4/c1-3-10-19-11-9-17-15(19)14(18-16)13-7-5-12(4-2)6-8-13/h5-9,11,14,18H,3-4,10,16H2,1-2H3. The molecule has 1 aromatic carbocycles. The second-order valence-electron chi connectivity index (χ2n) is 4.67. The van der Waals surface area contributed by atoms with Crippen LogP contribution in [0.25, 0.3) is 0 Å². The van der Waals surface area contributed by atoms with E-state index < -0.39 is 0 Å². The summed E-state index contributed by atoms with van der Waals surface area (Å²) >= 11 is 0. The fourth-order valence-electron chi connectivity index (χ4n) is 2.28. The van der Waals surface area contributed by atoms with Crippen LogP contribution in [0.3, 0.4) is 0 Å². The van der Waals surface area contributed by atoms with Gasteiger partial charge in [-0.05, 0) is 24.0 Å². The predicted molar refractivity (Wildman–Crippen MR) is 77.5 cm³/mol. The highest BCUT2D eigenvalue weighted by Crippen LogP contribution is 2.20. The molecular formula is C15H22N4. The molecule has 1 aromatic heterocycles. The molecule has 2 rings (SSSR count). The Morgan fingerprint density at radius 1 is 1.26 bits per heavy atom. The number of aryl methyl sites for hydroxylation is 2. The Hall–Kier alpha value is -1.65. The number of rotatable bonds is 6. The van der Waals surface area contributed by atoms with Crippen molar-refractivity contribution in [2.45, 2.75) is 39.3 Å². The highest BCUT2D eigenvalue weighted by molar-refractivity contribution is 5.29. The zero-order valence-corrected chi connectivity index (χ0v) is 11.6. The first-order valence-electron chi connectivity index (χ1n) is 6.86. The lowest BCUT2D eigenvalue weighted by Crippen LogP contribution is -2.31. The molecule has 0 spiro atoms. The zero-order valence-electron chi connectivity index (χ0n) is 11.6. The van der Waals surface area contributed by atoms with E-state index >= 15 is 0 Å². The van der Waals surface area contributed by atoms with Gasteiger partial charge in [0.1, 0.15) is 11.9 Å². The first kappa shape index (κ1) is 13.8. The van der Waals surface area contributed by atoms with Crippen LogP contribution in [0.4, 0.5) is 0 Å². The van der Waals surface area contributed by atoms with Crippen molar-refractivity contribution in [2.24, 2.45) is 5.84 Å². The van der Waals surface area contributed by atoms with Gasteiger partial charge in [-0.15, -0.1) is 0 Å². The summed E-state index contributed by atoms with van der Waals surface area (Å²) in [7, 11) is 0. The van der Waals surface area contributed by atoms with Crippen LogP contribution in [0.1, 0.15) is 43.3 Å². The fraction of sp³-hybridized carbons (Fsp3) is 0.400. The minimum Gasteiger partial charge on any atom is -0.333 e. The van der Waals surface area contributed by atoms with Crippen LogP contribution >= 0.6 is 0 Å². The second kappa shape index (κ2) is 6.50. The largest absolute Gasteiger partial charge is 0.333 e. The smallest absolute Gasteiger partial charge is 0.131 e. The maximum absolute atomic E-state index is 5.73. The Balaban J connectivity index is 2.29. The van der Waals surface area contributed by atoms with Gasteiger partial charge >= 0.3 is 0 Å². The third-order valence-electron chi connectivity index (χ3n) is 3.36. The number of hydrogen-bond donors (Lipinski definition) is 2. The molecule has 0 radical (unpaired) electrons. The molecule has 0 amide bonds. The summed E-state index contributed by atoms with van der Waals surface area (Å²) in [4.78, 5) is 4.45. The predicted octanol–water partition coefficient (Wildman–Crippen LogP) is 2.41. The van der Waals surface area contributed by atoms with E-state index in [0.29, 0.717) is 0 Å². The van der Waals surface area contributed by atoms with Crippen LogP contribution in [0.15, 0.2) is 36.7 Å². The summed E-state index contributed by atoms with van der Waals surface area (Å²) in [6, 6.07) is 8.47. The minimum absolute atomic E-state index is 0.0625. The van der Waals surface area contributed by atoms with Crippen molar-refractivity contribution in [1.29, 1.82) is 0 Å². The number of nitrogens with one attached hydrogen (secondary N) is 1. The van der Waals surface area contributed by atoms with Crippen LogP contribution in [-0.4, -0.2) is 9.55 Å². The number of nitrogens with zero attached hydrogens (tertiary/aromatic N) is 2. The molecule has 3 N–H and O–H groups in total. The van der Waals surface area contributed by atoms with Crippen molar-refractivity contribution in [1.82, 2.24) is 15.0 Å². The average Bonchev–Trinajstić information content (AvgIpc) is 2.89. The summed E-state index contributed by atoms with van der Waals surface area (Å²) in [6.07, 6.45) is 5.96. The molecule has 0 saturated carbocycles. The number of hydrazine groups is 1. The monoisotopic (exact) mass is 258 g/mol. The van der Waals surface area contributed by atoms with Crippen LogP contribution in [0, 0.1) is 0 Å². The normalized spacial score (nSPS) is 12.6. The van der Waals surface area contributed by atoms with Crippen molar-refractivity contribution in [3.63, 3.8) is 0 Å². The molecule has 0 bridgehead atoms. The SMILES string of the molecule is CCCn1ccnc1C(NN)c1ccc(CC)cc1. The van der Waals surface area contributed by atoms with Gasteiger partial charge < -0.3 is 4.57 Å². The van der Waals surface area contributed by atoms with Crippen LogP contribution in [0.5, 0.6) is 0 Å². The van der Waals surface area contributed by atoms with E-state index in [9.17, 15) is 0 Å². The van der Waals surface area contributed by atoms with E-state index in [-0.39, 0.29) is 6.04 Å². The van der Waals surface area contributed by atoms with Gasteiger partial charge in [-0.1, -0.05) is 38.1 Å². The summed E-state index contributed by atoms with van der Waals surface area (Å²) < 4.78 is 2.15. The molecule has 4 heteroatoms. The van der Waals surface area contributed by atoms with Crippen molar-refractivity contribution < 1.29 is 0 Å². The average molecular weight is 258 g/mol. The first-order valence-corrected chi connectivity index (χ1v) is 6.86. The van der Waals surface area contributed by atoms with Gasteiger partial charge in [-0.2, -0.15) is 0 Å². The van der Waals surface area contributed by atoms with Crippen molar-refractivity contribution >= 4 is 0 Å². The molecule has 0 aliphatic heterocycles. The van der Waals surface area contributed by atoms with Crippen LogP contribution < -0.4 is 11.3 Å². The minimum atomic E-state index is -0.0625. The molecule has 0 aliphatic rings. The van der Waals surface area contributed by atoms with Gasteiger partial charge in [-0.25, -0.2) is 10.4 Å². The van der Waals surface area contributed by atoms with Gasteiger partial charge in [-0.3, -0.25) is 5.84 Å². The van der Waals surface area contributed by atoms with E-state index in [2.05, 4.69) is 53.1 Å². The molecule has 0 saturated heterocycles. The summed E-state index contributed by atoms with van der Waals surface area (Å²) in [5, 5.41) is 0. The highest BCUT2D eigenvalue weighted by atomic mass is 15.3. The topological polar surface area (TPSA) is 55.9 Å². The highest BCUT2D eigenvalue weighted by Gasteiger charge is 2.17. The van der Waals surface area contributed by atoms with Crippen LogP contribution in [0.2, 0.25) is 0 Å². The van der Waals surface area contributed by atoms with Crippen molar-refractivity contribution in [3.05, 3.63) is 53.6 Å². The zero-order chi connectivity index (χ0) is 13.7. The molecule has 19 heavy (non-hydrogen) atoms. The van der Waals surface area contributed by atoms with Crippen molar-refractivity contribution in [2.75, 3.05) is 0 Å². The maximum atomic E-state index is 5.73. The van der Waals surface area contributed by atoms with E-state index in [1.165, 1.54) is 5.56 Å². The van der Waals surface area contributed by atoms with E-state index in [1.807, 2.05) is 12.4 Å². The Kier molecular flexibility index (Phi) is 4.71. The molecule has 1 heterocycles. The van der Waals surface area contributed by atoms with E-state index in [0.717, 1.165) is 30.8 Å². The van der Waals surface area contributed by atoms with Crippen LogP contribution in [-0.2, 0) is 13.0 Å². The molecule has 102 valence electrons. The fourth-order valence-corrected chi connectivity index (χ4v) is 2.28. The van der Waals surface area contributed by atoms with Gasteiger partial charge in [0, 0.05) is 18.9 Å². The molecule has 2 aromatic rings. The number of nitrogens with two attached hydrogens (primary N) is 1. The first-order chi connectivity index (χ1) is 9.30. The lowest BCUT2D eigenvalue weighted by molar-refractivity contribution is 0.545. The number of benzene rings is 1. The van der Waals surface area contributed by atoms with E-state index in [4.69, 9.17) is 5.84 Å². The molecule has 0 fully saturated rings.